The van der Waals surface area contributed by atoms with Gasteiger partial charge >= 0.3 is 0 Å². The largest absolute Gasteiger partial charge is 0.497 e. The maximum Gasteiger partial charge on any atom is 0.120 e. The molecule has 4 nitrogen and oxygen atoms in total. The normalized spacial score (nSPS) is 27.5. The van der Waals surface area contributed by atoms with E-state index in [0.29, 0.717) is 12.1 Å². The Morgan fingerprint density at radius 2 is 2.05 bits per heavy atom. The average Bonchev–Trinajstić information content (AvgIpc) is 2.46. The van der Waals surface area contributed by atoms with Gasteiger partial charge in [-0.25, -0.2) is 0 Å². The molecule has 1 saturated heterocycles. The van der Waals surface area contributed by atoms with Crippen LogP contribution in [0.1, 0.15) is 24.9 Å². The van der Waals surface area contributed by atoms with Gasteiger partial charge in [0.2, 0.25) is 0 Å². The van der Waals surface area contributed by atoms with Crippen LogP contribution in [0, 0.1) is 0 Å². The summed E-state index contributed by atoms with van der Waals surface area (Å²) in [5.74, 6) is 0.930. The summed E-state index contributed by atoms with van der Waals surface area (Å²) in [7, 11) is 1.72. The lowest BCUT2D eigenvalue weighted by Crippen LogP contribution is -2.47. The molecule has 104 valence electrons. The van der Waals surface area contributed by atoms with Crippen molar-refractivity contribution in [2.75, 3.05) is 38.6 Å². The number of ether oxygens (including phenoxy) is 1. The second kappa shape index (κ2) is 5.39. The standard InChI is InChI=1S/C15H23N3O/c1-11-9-15(18-7-5-16-6-8-18)13-4-3-12(19-2)10-14(13)17-11/h3-4,10-11,15-17H,5-9H2,1-2H3. The van der Waals surface area contributed by atoms with Gasteiger partial charge in [0, 0.05) is 50.0 Å². The quantitative estimate of drug-likeness (QED) is 0.852. The molecule has 2 heterocycles. The topological polar surface area (TPSA) is 36.5 Å². The number of nitrogens with zero attached hydrogens (tertiary/aromatic N) is 1. The summed E-state index contributed by atoms with van der Waals surface area (Å²) in [5, 5.41) is 7.01. The number of benzene rings is 1. The van der Waals surface area contributed by atoms with E-state index in [9.17, 15) is 0 Å². The van der Waals surface area contributed by atoms with Crippen molar-refractivity contribution in [1.82, 2.24) is 10.2 Å². The third kappa shape index (κ3) is 2.55. The highest BCUT2D eigenvalue weighted by Crippen LogP contribution is 2.38. The highest BCUT2D eigenvalue weighted by Gasteiger charge is 2.29. The molecule has 0 aromatic heterocycles. The minimum Gasteiger partial charge on any atom is -0.497 e. The van der Waals surface area contributed by atoms with E-state index in [1.807, 2.05) is 0 Å². The zero-order valence-electron chi connectivity index (χ0n) is 11.8. The number of hydrogen-bond donors (Lipinski definition) is 2. The van der Waals surface area contributed by atoms with Crippen molar-refractivity contribution in [3.05, 3.63) is 23.8 Å². The molecule has 2 aliphatic rings. The van der Waals surface area contributed by atoms with Crippen molar-refractivity contribution < 1.29 is 4.74 Å². The van der Waals surface area contributed by atoms with Crippen molar-refractivity contribution in [3.8, 4) is 5.75 Å². The van der Waals surface area contributed by atoms with Gasteiger partial charge in [-0.2, -0.15) is 0 Å². The fraction of sp³-hybridized carbons (Fsp3) is 0.600. The predicted octanol–water partition coefficient (Wildman–Crippen LogP) is 1.85. The van der Waals surface area contributed by atoms with Crippen molar-refractivity contribution in [1.29, 1.82) is 0 Å². The SMILES string of the molecule is COc1ccc2c(c1)NC(C)CC2N1CCNCC1. The Balaban J connectivity index is 1.90. The number of hydrogen-bond acceptors (Lipinski definition) is 4. The van der Waals surface area contributed by atoms with E-state index < -0.39 is 0 Å². The third-order valence-corrected chi connectivity index (χ3v) is 4.19. The first kappa shape index (κ1) is 12.8. The predicted molar refractivity (Wildman–Crippen MR) is 77.9 cm³/mol. The lowest BCUT2D eigenvalue weighted by atomic mass is 9.92. The van der Waals surface area contributed by atoms with Crippen LogP contribution < -0.4 is 15.4 Å². The molecule has 0 amide bonds. The van der Waals surface area contributed by atoms with Crippen molar-refractivity contribution in [3.63, 3.8) is 0 Å². The van der Waals surface area contributed by atoms with E-state index in [0.717, 1.165) is 31.9 Å². The molecule has 4 heteroatoms. The minimum atomic E-state index is 0.513. The molecule has 1 fully saturated rings. The first-order valence-corrected chi connectivity index (χ1v) is 7.17. The van der Waals surface area contributed by atoms with Gasteiger partial charge in [-0.05, 0) is 25.0 Å². The van der Waals surface area contributed by atoms with Crippen LogP contribution in [0.2, 0.25) is 0 Å². The molecule has 0 saturated carbocycles. The monoisotopic (exact) mass is 261 g/mol. The smallest absolute Gasteiger partial charge is 0.120 e. The van der Waals surface area contributed by atoms with Crippen molar-refractivity contribution in [2.24, 2.45) is 0 Å². The molecule has 1 aromatic carbocycles. The van der Waals surface area contributed by atoms with Gasteiger partial charge in [0.1, 0.15) is 5.75 Å². The van der Waals surface area contributed by atoms with E-state index in [4.69, 9.17) is 4.74 Å². The van der Waals surface area contributed by atoms with E-state index in [1.165, 1.54) is 17.7 Å². The number of methoxy groups -OCH3 is 1. The molecule has 2 aliphatic heterocycles. The van der Waals surface area contributed by atoms with Crippen LogP contribution in [0.3, 0.4) is 0 Å². The Morgan fingerprint density at radius 3 is 2.79 bits per heavy atom. The molecule has 3 rings (SSSR count). The fourth-order valence-corrected chi connectivity index (χ4v) is 3.20. The average molecular weight is 261 g/mol. The van der Waals surface area contributed by atoms with E-state index in [2.05, 4.69) is 40.7 Å². The zero-order chi connectivity index (χ0) is 13.2. The highest BCUT2D eigenvalue weighted by atomic mass is 16.5. The van der Waals surface area contributed by atoms with Gasteiger partial charge in [0.15, 0.2) is 0 Å². The van der Waals surface area contributed by atoms with Crippen molar-refractivity contribution in [2.45, 2.75) is 25.4 Å². The summed E-state index contributed by atoms with van der Waals surface area (Å²) < 4.78 is 5.33. The molecule has 2 N–H and O–H groups in total. The van der Waals surface area contributed by atoms with Crippen LogP contribution in [0.4, 0.5) is 5.69 Å². The van der Waals surface area contributed by atoms with Gasteiger partial charge in [-0.15, -0.1) is 0 Å². The maximum absolute atomic E-state index is 5.33. The van der Waals surface area contributed by atoms with E-state index in [-0.39, 0.29) is 0 Å². The fourth-order valence-electron chi connectivity index (χ4n) is 3.20. The van der Waals surface area contributed by atoms with Gasteiger partial charge in [-0.1, -0.05) is 6.07 Å². The van der Waals surface area contributed by atoms with Crippen LogP contribution in [-0.2, 0) is 0 Å². The number of rotatable bonds is 2. The minimum absolute atomic E-state index is 0.513. The molecule has 2 atom stereocenters. The van der Waals surface area contributed by atoms with Crippen LogP contribution in [0.5, 0.6) is 5.75 Å². The van der Waals surface area contributed by atoms with Crippen LogP contribution >= 0.6 is 0 Å². The third-order valence-electron chi connectivity index (χ3n) is 4.19. The molecule has 1 aromatic rings. The molecule has 19 heavy (non-hydrogen) atoms. The molecule has 0 aliphatic carbocycles. The molecule has 0 radical (unpaired) electrons. The summed E-state index contributed by atoms with van der Waals surface area (Å²) in [6.07, 6.45) is 1.18. The Hall–Kier alpha value is -1.26. The van der Waals surface area contributed by atoms with Gasteiger partial charge in [-0.3, -0.25) is 4.90 Å². The number of piperazine rings is 1. The van der Waals surface area contributed by atoms with Crippen molar-refractivity contribution >= 4 is 5.69 Å². The summed E-state index contributed by atoms with van der Waals surface area (Å²) >= 11 is 0. The molecular weight excluding hydrogens is 238 g/mol. The Bertz CT molecular complexity index is 443. The van der Waals surface area contributed by atoms with Crippen LogP contribution in [0.25, 0.3) is 0 Å². The number of fused-ring (bicyclic) bond motifs is 1. The molecular formula is C15H23N3O. The van der Waals surface area contributed by atoms with Crippen LogP contribution in [0.15, 0.2) is 18.2 Å². The highest BCUT2D eigenvalue weighted by molar-refractivity contribution is 5.58. The molecule has 0 spiro atoms. The zero-order valence-corrected chi connectivity index (χ0v) is 11.8. The van der Waals surface area contributed by atoms with Crippen LogP contribution in [-0.4, -0.2) is 44.2 Å². The van der Waals surface area contributed by atoms with Gasteiger partial charge in [0.25, 0.3) is 0 Å². The Labute approximate surface area is 115 Å². The number of anilines is 1. The molecule has 0 bridgehead atoms. The first-order valence-electron chi connectivity index (χ1n) is 7.17. The second-order valence-electron chi connectivity index (χ2n) is 5.54. The van der Waals surface area contributed by atoms with Gasteiger partial charge < -0.3 is 15.4 Å². The lowest BCUT2D eigenvalue weighted by Gasteiger charge is -2.40. The van der Waals surface area contributed by atoms with E-state index >= 15 is 0 Å². The van der Waals surface area contributed by atoms with Gasteiger partial charge in [0.05, 0.1) is 7.11 Å². The summed E-state index contributed by atoms with van der Waals surface area (Å²) in [5.41, 5.74) is 2.66. The summed E-state index contributed by atoms with van der Waals surface area (Å²) in [4.78, 5) is 2.61. The molecule has 2 unspecified atom stereocenters. The van der Waals surface area contributed by atoms with E-state index in [1.54, 1.807) is 7.11 Å². The maximum atomic E-state index is 5.33. The summed E-state index contributed by atoms with van der Waals surface area (Å²) in [6, 6.07) is 7.48. The lowest BCUT2D eigenvalue weighted by molar-refractivity contribution is 0.159. The Kier molecular flexibility index (Phi) is 3.62. The first-order chi connectivity index (χ1) is 9.28. The summed E-state index contributed by atoms with van der Waals surface area (Å²) in [6.45, 7) is 6.75. The Morgan fingerprint density at radius 1 is 1.26 bits per heavy atom. The number of nitrogens with one attached hydrogen (secondary N) is 2. The second-order valence-corrected chi connectivity index (χ2v) is 5.54.